The van der Waals surface area contributed by atoms with E-state index in [1.165, 1.54) is 24.2 Å². The van der Waals surface area contributed by atoms with E-state index in [0.29, 0.717) is 12.5 Å². The van der Waals surface area contributed by atoms with E-state index >= 15 is 0 Å². The van der Waals surface area contributed by atoms with E-state index in [9.17, 15) is 19.5 Å². The van der Waals surface area contributed by atoms with Gasteiger partial charge in [0.25, 0.3) is 0 Å². The molecule has 0 bridgehead atoms. The number of amides is 2. The highest BCUT2D eigenvalue weighted by Gasteiger charge is 2.50. The highest BCUT2D eigenvalue weighted by molar-refractivity contribution is 5.81. The molecule has 2 aliphatic carbocycles. The fourth-order valence-corrected chi connectivity index (χ4v) is 5.84. The lowest BCUT2D eigenvalue weighted by Gasteiger charge is -2.28. The summed E-state index contributed by atoms with van der Waals surface area (Å²) in [4.78, 5) is 38.5. The molecule has 2 heterocycles. The van der Waals surface area contributed by atoms with E-state index < -0.39 is 23.7 Å². The molecule has 33 heavy (non-hydrogen) atoms. The fourth-order valence-electron chi connectivity index (χ4n) is 5.84. The number of hydrogen-bond acceptors (Lipinski definition) is 5. The molecule has 4 rings (SSSR count). The van der Waals surface area contributed by atoms with E-state index in [0.717, 1.165) is 44.2 Å². The van der Waals surface area contributed by atoms with Crippen LogP contribution in [0.2, 0.25) is 0 Å². The molecule has 1 N–H and O–H groups in total. The number of aliphatic carboxylic acids is 1. The summed E-state index contributed by atoms with van der Waals surface area (Å²) < 4.78 is 10.7. The fraction of sp³-hybridized carbons (Fsp3) is 0.880. The molecule has 2 amide bonds. The molecule has 0 aromatic rings. The Morgan fingerprint density at radius 2 is 1.21 bits per heavy atom. The predicted molar refractivity (Wildman–Crippen MR) is 124 cm³/mol. The Morgan fingerprint density at radius 3 is 1.73 bits per heavy atom. The maximum absolute atomic E-state index is 12.0. The van der Waals surface area contributed by atoms with Crippen molar-refractivity contribution < 1.29 is 29.0 Å². The van der Waals surface area contributed by atoms with Crippen LogP contribution >= 0.6 is 0 Å². The first-order chi connectivity index (χ1) is 15.2. The second kappa shape index (κ2) is 9.71. The Balaban J connectivity index is 0.000000189. The normalized spacial score (nSPS) is 30.9. The highest BCUT2D eigenvalue weighted by atomic mass is 16.6. The van der Waals surface area contributed by atoms with Gasteiger partial charge in [-0.3, -0.25) is 4.90 Å². The molecule has 4 fully saturated rings. The monoisotopic (exact) mass is 466 g/mol. The van der Waals surface area contributed by atoms with E-state index in [2.05, 4.69) is 0 Å². The van der Waals surface area contributed by atoms with Crippen LogP contribution in [-0.2, 0) is 14.3 Å². The number of rotatable bonds is 1. The van der Waals surface area contributed by atoms with Crippen LogP contribution in [0, 0.1) is 23.7 Å². The summed E-state index contributed by atoms with van der Waals surface area (Å²) >= 11 is 0. The zero-order valence-corrected chi connectivity index (χ0v) is 21.1. The molecular formula is C25H42N2O6. The molecule has 2 aliphatic heterocycles. The van der Waals surface area contributed by atoms with Crippen LogP contribution in [0.4, 0.5) is 9.59 Å². The van der Waals surface area contributed by atoms with Crippen LogP contribution in [0.15, 0.2) is 0 Å². The molecule has 4 aliphatic rings. The number of hydrogen-bond donors (Lipinski definition) is 1. The van der Waals surface area contributed by atoms with Crippen molar-refractivity contribution in [1.82, 2.24) is 9.80 Å². The van der Waals surface area contributed by atoms with Gasteiger partial charge in [0.05, 0.1) is 0 Å². The number of carboxylic acid groups (broad SMARTS) is 1. The lowest BCUT2D eigenvalue weighted by molar-refractivity contribution is -0.143. The number of carbonyl (C=O) groups excluding carboxylic acids is 2. The molecular weight excluding hydrogens is 424 g/mol. The average Bonchev–Trinajstić information content (AvgIpc) is 3.38. The van der Waals surface area contributed by atoms with Crippen LogP contribution in [-0.4, -0.2) is 69.9 Å². The second-order valence-electron chi connectivity index (χ2n) is 12.1. The largest absolute Gasteiger partial charge is 0.480 e. The van der Waals surface area contributed by atoms with Gasteiger partial charge in [-0.2, -0.15) is 0 Å². The van der Waals surface area contributed by atoms with E-state index in [1.54, 1.807) is 20.8 Å². The van der Waals surface area contributed by atoms with Crippen LogP contribution in [0.1, 0.15) is 80.1 Å². The first kappa shape index (κ1) is 25.6. The number of likely N-dealkylation sites (tertiary alicyclic amines) is 2. The van der Waals surface area contributed by atoms with Gasteiger partial charge in [-0.05, 0) is 90.9 Å². The van der Waals surface area contributed by atoms with Gasteiger partial charge in [0.1, 0.15) is 17.2 Å². The Morgan fingerprint density at radius 1 is 0.727 bits per heavy atom. The predicted octanol–water partition coefficient (Wildman–Crippen LogP) is 4.76. The van der Waals surface area contributed by atoms with E-state index in [1.807, 2.05) is 25.7 Å². The Bertz CT molecular complexity index is 728. The maximum Gasteiger partial charge on any atom is 0.411 e. The maximum atomic E-state index is 12.0. The molecule has 2 saturated heterocycles. The lowest BCUT2D eigenvalue weighted by Crippen LogP contribution is -2.45. The molecule has 8 nitrogen and oxygen atoms in total. The van der Waals surface area contributed by atoms with Gasteiger partial charge in [-0.1, -0.05) is 12.8 Å². The molecule has 0 aromatic carbocycles. The van der Waals surface area contributed by atoms with Crippen LogP contribution in [0.25, 0.3) is 0 Å². The van der Waals surface area contributed by atoms with Crippen molar-refractivity contribution in [3.63, 3.8) is 0 Å². The summed E-state index contributed by atoms with van der Waals surface area (Å²) in [5.41, 5.74) is -0.952. The van der Waals surface area contributed by atoms with Crippen LogP contribution in [0.3, 0.4) is 0 Å². The Kier molecular flexibility index (Phi) is 7.54. The third-order valence-electron chi connectivity index (χ3n) is 7.15. The second-order valence-corrected chi connectivity index (χ2v) is 12.1. The molecule has 2 saturated carbocycles. The number of ether oxygens (including phenoxy) is 2. The minimum atomic E-state index is -0.907. The third kappa shape index (κ3) is 6.54. The number of carboxylic acids is 1. The average molecular weight is 467 g/mol. The Hall–Kier alpha value is -1.99. The van der Waals surface area contributed by atoms with E-state index in [-0.39, 0.29) is 17.6 Å². The van der Waals surface area contributed by atoms with Crippen molar-refractivity contribution in [2.75, 3.05) is 19.6 Å². The molecule has 1 unspecified atom stereocenters. The molecule has 5 atom stereocenters. The van der Waals surface area contributed by atoms with Gasteiger partial charge in [-0.15, -0.1) is 0 Å². The van der Waals surface area contributed by atoms with Crippen molar-refractivity contribution in [2.45, 2.75) is 97.3 Å². The quantitative estimate of drug-likeness (QED) is 0.598. The van der Waals surface area contributed by atoms with Crippen molar-refractivity contribution >= 4 is 18.2 Å². The smallest absolute Gasteiger partial charge is 0.411 e. The van der Waals surface area contributed by atoms with Crippen LogP contribution in [0.5, 0.6) is 0 Å². The lowest BCUT2D eigenvalue weighted by atomic mass is 9.94. The summed E-state index contributed by atoms with van der Waals surface area (Å²) in [5.74, 6) is 1.03. The molecule has 0 spiro atoms. The van der Waals surface area contributed by atoms with Crippen molar-refractivity contribution in [1.29, 1.82) is 0 Å². The molecule has 8 heteroatoms. The van der Waals surface area contributed by atoms with Gasteiger partial charge < -0.3 is 19.5 Å². The summed E-state index contributed by atoms with van der Waals surface area (Å²) in [7, 11) is 0. The molecule has 188 valence electrons. The zero-order valence-electron chi connectivity index (χ0n) is 21.1. The highest BCUT2D eigenvalue weighted by Crippen LogP contribution is 2.42. The number of carbonyl (C=O) groups is 3. The minimum Gasteiger partial charge on any atom is -0.480 e. The topological polar surface area (TPSA) is 96.4 Å². The summed E-state index contributed by atoms with van der Waals surface area (Å²) in [6.45, 7) is 13.5. The van der Waals surface area contributed by atoms with Crippen molar-refractivity contribution in [3.8, 4) is 0 Å². The SMILES string of the molecule is CC(C)(C)OC(=O)N1CC2CCC[C@@H]2C1.CC(C)(C)OC(=O)N1C[C@@H]2CCC[C@@H]2[C@H]1C(=O)O. The summed E-state index contributed by atoms with van der Waals surface area (Å²) in [6, 6.07) is -0.702. The van der Waals surface area contributed by atoms with Crippen molar-refractivity contribution in [2.24, 2.45) is 23.7 Å². The minimum absolute atomic E-state index is 0.106. The molecule has 0 radical (unpaired) electrons. The first-order valence-corrected chi connectivity index (χ1v) is 12.5. The van der Waals surface area contributed by atoms with Gasteiger partial charge in [0.2, 0.25) is 0 Å². The van der Waals surface area contributed by atoms with Gasteiger partial charge >= 0.3 is 18.2 Å². The van der Waals surface area contributed by atoms with Gasteiger partial charge in [0, 0.05) is 19.6 Å². The number of nitrogens with zero attached hydrogens (tertiary/aromatic N) is 2. The summed E-state index contributed by atoms with van der Waals surface area (Å²) in [5, 5.41) is 9.33. The molecule has 0 aromatic heterocycles. The standard InChI is InChI=1S/C13H21NO4.C12H21NO2/c1-13(2,3)18-12(17)14-7-8-5-4-6-9(8)10(14)11(15)16;1-12(2,3)15-11(14)13-7-9-5-4-6-10(9)8-13/h8-10H,4-7H2,1-3H3,(H,15,16);9-10H,4-8H2,1-3H3/t8-,9-,10-;9-,10?/m01/s1. The van der Waals surface area contributed by atoms with Gasteiger partial charge in [0.15, 0.2) is 0 Å². The van der Waals surface area contributed by atoms with Crippen molar-refractivity contribution in [3.05, 3.63) is 0 Å². The zero-order chi connectivity index (χ0) is 24.6. The summed E-state index contributed by atoms with van der Waals surface area (Å²) in [6.07, 6.45) is 6.31. The third-order valence-corrected chi connectivity index (χ3v) is 7.15. The van der Waals surface area contributed by atoms with E-state index in [4.69, 9.17) is 9.47 Å². The van der Waals surface area contributed by atoms with Crippen LogP contribution < -0.4 is 0 Å². The number of fused-ring (bicyclic) bond motifs is 2. The first-order valence-electron chi connectivity index (χ1n) is 12.5. The Labute approximate surface area is 198 Å². The van der Waals surface area contributed by atoms with Gasteiger partial charge in [-0.25, -0.2) is 14.4 Å².